The molecule has 0 aromatic carbocycles. The van der Waals surface area contributed by atoms with E-state index in [0.717, 1.165) is 37.5 Å². The van der Waals surface area contributed by atoms with Gasteiger partial charge in [-0.15, -0.1) is 0 Å². The fraction of sp³-hybridized carbons (Fsp3) is 0.552. The molecule has 0 spiro atoms. The molecule has 0 bridgehead atoms. The molecule has 0 aliphatic rings. The number of hydrogen-bond donors (Lipinski definition) is 2. The summed E-state index contributed by atoms with van der Waals surface area (Å²) in [5, 5.41) is 5.63. The quantitative estimate of drug-likeness (QED) is 0.206. The summed E-state index contributed by atoms with van der Waals surface area (Å²) < 4.78 is 45.2. The molecule has 0 radical (unpaired) electrons. The number of anilines is 1. The van der Waals surface area contributed by atoms with Crippen LogP contribution in [0, 0.1) is 5.92 Å². The molecule has 224 valence electrons. The second kappa shape index (κ2) is 14.3. The van der Waals surface area contributed by atoms with Gasteiger partial charge in [0, 0.05) is 36.0 Å². The first-order valence-electron chi connectivity index (χ1n) is 14.1. The molecule has 2 N–H and O–H groups in total. The molecular formula is C29H39F3N6O3. The molecule has 0 fully saturated rings. The molecule has 0 saturated heterocycles. The Bertz CT molecular complexity index is 1310. The van der Waals surface area contributed by atoms with Gasteiger partial charge in [0.2, 0.25) is 5.91 Å². The average molecular weight is 577 g/mol. The molecule has 1 amide bonds. The monoisotopic (exact) mass is 576 g/mol. The first-order chi connectivity index (χ1) is 19.5. The molecule has 0 aliphatic heterocycles. The van der Waals surface area contributed by atoms with Gasteiger partial charge < -0.3 is 15.4 Å². The van der Waals surface area contributed by atoms with E-state index in [1.807, 2.05) is 11.4 Å². The zero-order chi connectivity index (χ0) is 30.0. The SMILES string of the molecule is CCCC[C@@H](CC)CCC(=O)OCn1cc(-c2nccc(N[C@](C)(CC)C(=O)NCC(F)(F)F)n2)c2cccnc21. The fourth-order valence-corrected chi connectivity index (χ4v) is 4.50. The topological polar surface area (TPSA) is 111 Å². The largest absolute Gasteiger partial charge is 0.444 e. The van der Waals surface area contributed by atoms with Gasteiger partial charge in [0.05, 0.1) is 0 Å². The van der Waals surface area contributed by atoms with Crippen LogP contribution in [-0.2, 0) is 21.1 Å². The van der Waals surface area contributed by atoms with Gasteiger partial charge in [0.15, 0.2) is 12.6 Å². The highest BCUT2D eigenvalue weighted by atomic mass is 19.4. The summed E-state index contributed by atoms with van der Waals surface area (Å²) in [4.78, 5) is 38.4. The predicted octanol–water partition coefficient (Wildman–Crippen LogP) is 6.25. The van der Waals surface area contributed by atoms with Crippen LogP contribution in [-0.4, -0.2) is 49.7 Å². The summed E-state index contributed by atoms with van der Waals surface area (Å²) in [5.41, 5.74) is -0.136. The molecule has 3 aromatic rings. The maximum absolute atomic E-state index is 12.6. The van der Waals surface area contributed by atoms with Crippen molar-refractivity contribution in [1.29, 1.82) is 0 Å². The van der Waals surface area contributed by atoms with Gasteiger partial charge in [-0.05, 0) is 43.9 Å². The van der Waals surface area contributed by atoms with Crippen molar-refractivity contribution in [2.45, 2.75) is 91.1 Å². The molecule has 12 heteroatoms. The number of esters is 1. The number of unbranched alkanes of at least 4 members (excludes halogenated alkanes) is 1. The van der Waals surface area contributed by atoms with E-state index in [1.54, 1.807) is 30.0 Å². The van der Waals surface area contributed by atoms with Crippen LogP contribution in [0.25, 0.3) is 22.4 Å². The second-order valence-corrected chi connectivity index (χ2v) is 10.4. The third-order valence-corrected chi connectivity index (χ3v) is 7.26. The predicted molar refractivity (Wildman–Crippen MR) is 151 cm³/mol. The van der Waals surface area contributed by atoms with Crippen molar-refractivity contribution in [2.75, 3.05) is 11.9 Å². The van der Waals surface area contributed by atoms with Crippen LogP contribution < -0.4 is 10.6 Å². The highest BCUT2D eigenvalue weighted by Crippen LogP contribution is 2.29. The third-order valence-electron chi connectivity index (χ3n) is 7.26. The summed E-state index contributed by atoms with van der Waals surface area (Å²) in [5.74, 6) is 0.0202. The lowest BCUT2D eigenvalue weighted by molar-refractivity contribution is -0.147. The van der Waals surface area contributed by atoms with Crippen molar-refractivity contribution in [2.24, 2.45) is 5.92 Å². The average Bonchev–Trinajstić information content (AvgIpc) is 3.33. The number of nitrogens with one attached hydrogen (secondary N) is 2. The van der Waals surface area contributed by atoms with E-state index in [2.05, 4.69) is 34.1 Å². The van der Waals surface area contributed by atoms with Crippen LogP contribution in [0.2, 0.25) is 0 Å². The van der Waals surface area contributed by atoms with Crippen molar-refractivity contribution in [3.63, 3.8) is 0 Å². The third kappa shape index (κ3) is 8.89. The zero-order valence-corrected chi connectivity index (χ0v) is 24.1. The van der Waals surface area contributed by atoms with Crippen LogP contribution in [0.4, 0.5) is 19.0 Å². The first kappa shape index (κ1) is 31.8. The van der Waals surface area contributed by atoms with E-state index in [0.29, 0.717) is 29.4 Å². The van der Waals surface area contributed by atoms with E-state index in [4.69, 9.17) is 4.74 Å². The van der Waals surface area contributed by atoms with Crippen LogP contribution in [0.15, 0.2) is 36.8 Å². The highest BCUT2D eigenvalue weighted by Gasteiger charge is 2.35. The molecule has 41 heavy (non-hydrogen) atoms. The standard InChI is InChI=1S/C29H39F3N6O3/c1-5-8-10-20(6-2)12-13-24(39)41-19-38-17-22(21-11-9-15-34-26(21)38)25-33-16-14-23(36-25)37-28(4,7-3)27(40)35-18-29(30,31)32/h9,11,14-17,20H,5-8,10,12-13,18-19H2,1-4H3,(H,35,40)(H,33,36,37)/t20-,28-/m1/s1. The minimum Gasteiger partial charge on any atom is -0.444 e. The Balaban J connectivity index is 1.76. The number of aromatic nitrogens is 4. The molecule has 9 nitrogen and oxygen atoms in total. The van der Waals surface area contributed by atoms with E-state index < -0.39 is 24.2 Å². The van der Waals surface area contributed by atoms with Gasteiger partial charge in [-0.25, -0.2) is 15.0 Å². The molecule has 0 saturated carbocycles. The molecule has 3 heterocycles. The van der Waals surface area contributed by atoms with E-state index in [1.165, 1.54) is 19.2 Å². The van der Waals surface area contributed by atoms with Gasteiger partial charge in [-0.1, -0.05) is 46.5 Å². The molecule has 3 rings (SSSR count). The minimum absolute atomic E-state index is 0.0245. The first-order valence-corrected chi connectivity index (χ1v) is 14.1. The summed E-state index contributed by atoms with van der Waals surface area (Å²) >= 11 is 0. The van der Waals surface area contributed by atoms with Crippen LogP contribution in [0.1, 0.15) is 72.6 Å². The number of hydrogen-bond acceptors (Lipinski definition) is 7. The summed E-state index contributed by atoms with van der Waals surface area (Å²) in [6, 6.07) is 5.15. The van der Waals surface area contributed by atoms with Crippen LogP contribution in [0.5, 0.6) is 0 Å². The molecule has 3 aromatic heterocycles. The van der Waals surface area contributed by atoms with Crippen LogP contribution >= 0.6 is 0 Å². The van der Waals surface area contributed by atoms with Crippen molar-refractivity contribution < 1.29 is 27.5 Å². The summed E-state index contributed by atoms with van der Waals surface area (Å²) in [6.07, 6.45) is 6.15. The number of fused-ring (bicyclic) bond motifs is 1. The Morgan fingerprint density at radius 3 is 2.56 bits per heavy atom. The Kier molecular flexibility index (Phi) is 11.1. The number of carbonyl (C=O) groups is 2. The lowest BCUT2D eigenvalue weighted by atomic mass is 9.94. The van der Waals surface area contributed by atoms with E-state index in [9.17, 15) is 22.8 Å². The molecule has 0 unspecified atom stereocenters. The summed E-state index contributed by atoms with van der Waals surface area (Å²) in [6.45, 7) is 6.05. The number of alkyl halides is 3. The fourth-order valence-electron chi connectivity index (χ4n) is 4.50. The highest BCUT2D eigenvalue weighted by molar-refractivity contribution is 5.92. The van der Waals surface area contributed by atoms with Gasteiger partial charge in [0.25, 0.3) is 0 Å². The summed E-state index contributed by atoms with van der Waals surface area (Å²) in [7, 11) is 0. The van der Waals surface area contributed by atoms with Crippen LogP contribution in [0.3, 0.4) is 0 Å². The van der Waals surface area contributed by atoms with Gasteiger partial charge in [0.1, 0.15) is 23.5 Å². The van der Waals surface area contributed by atoms with Gasteiger partial charge in [-0.2, -0.15) is 13.2 Å². The minimum atomic E-state index is -4.52. The Labute approximate surface area is 238 Å². The van der Waals surface area contributed by atoms with E-state index in [-0.39, 0.29) is 24.9 Å². The van der Waals surface area contributed by atoms with Gasteiger partial charge in [-0.3, -0.25) is 14.2 Å². The zero-order valence-electron chi connectivity index (χ0n) is 24.1. The molecular weight excluding hydrogens is 537 g/mol. The van der Waals surface area contributed by atoms with Crippen molar-refractivity contribution >= 4 is 28.7 Å². The Morgan fingerprint density at radius 2 is 1.88 bits per heavy atom. The van der Waals surface area contributed by atoms with Crippen molar-refractivity contribution in [3.8, 4) is 11.4 Å². The van der Waals surface area contributed by atoms with E-state index >= 15 is 0 Å². The van der Waals surface area contributed by atoms with Crippen molar-refractivity contribution in [3.05, 3.63) is 36.8 Å². The van der Waals surface area contributed by atoms with Gasteiger partial charge >= 0.3 is 12.1 Å². The number of pyridine rings is 1. The maximum Gasteiger partial charge on any atom is 0.405 e. The number of carbonyl (C=O) groups excluding carboxylic acids is 2. The maximum atomic E-state index is 12.6. The smallest absolute Gasteiger partial charge is 0.405 e. The Hall–Kier alpha value is -3.70. The number of ether oxygens (including phenoxy) is 1. The number of amides is 1. The lowest BCUT2D eigenvalue weighted by Crippen LogP contribution is -2.52. The number of nitrogens with zero attached hydrogens (tertiary/aromatic N) is 4. The second-order valence-electron chi connectivity index (χ2n) is 10.4. The lowest BCUT2D eigenvalue weighted by Gasteiger charge is -2.29. The number of halogens is 3. The molecule has 0 aliphatic carbocycles. The Morgan fingerprint density at radius 1 is 1.10 bits per heavy atom. The van der Waals surface area contributed by atoms with Crippen molar-refractivity contribution in [1.82, 2.24) is 24.8 Å². The number of rotatable bonds is 15. The normalized spacial score (nSPS) is 13.9. The molecule has 2 atom stereocenters.